The Balaban J connectivity index is 2.27. The number of phosphoric ester groups is 1. The fourth-order valence-electron chi connectivity index (χ4n) is 1.98. The molecular formula is C14H18Br2N3O4P. The topological polar surface area (TPSA) is 75.5 Å². The average Bonchev–Trinajstić information content (AvgIpc) is 3.04. The van der Waals surface area contributed by atoms with Gasteiger partial charge in [0.05, 0.1) is 13.2 Å². The van der Waals surface area contributed by atoms with E-state index in [0.29, 0.717) is 6.42 Å². The maximum Gasteiger partial charge on any atom is 0.476 e. The molecule has 0 aliphatic carbocycles. The molecule has 0 aliphatic heterocycles. The van der Waals surface area contributed by atoms with Crippen LogP contribution in [0.2, 0.25) is 0 Å². The van der Waals surface area contributed by atoms with Gasteiger partial charge in [0.15, 0.2) is 6.23 Å². The van der Waals surface area contributed by atoms with Crippen LogP contribution in [0.3, 0.4) is 0 Å². The predicted molar refractivity (Wildman–Crippen MR) is 96.5 cm³/mol. The van der Waals surface area contributed by atoms with E-state index >= 15 is 0 Å². The van der Waals surface area contributed by atoms with Crippen molar-refractivity contribution in [2.45, 2.75) is 26.5 Å². The van der Waals surface area contributed by atoms with E-state index in [9.17, 15) is 4.57 Å². The summed E-state index contributed by atoms with van der Waals surface area (Å²) < 4.78 is 32.2. The van der Waals surface area contributed by atoms with Crippen molar-refractivity contribution in [2.24, 2.45) is 0 Å². The van der Waals surface area contributed by atoms with E-state index < -0.39 is 14.1 Å². The molecule has 0 saturated heterocycles. The Morgan fingerprint density at radius 3 is 2.50 bits per heavy atom. The minimum Gasteiger partial charge on any atom is -0.287 e. The largest absolute Gasteiger partial charge is 0.476 e. The zero-order valence-electron chi connectivity index (χ0n) is 13.3. The van der Waals surface area contributed by atoms with Gasteiger partial charge < -0.3 is 0 Å². The second-order valence-corrected chi connectivity index (χ2v) is 8.05. The molecule has 2 aromatic rings. The number of hydrogen-bond donors (Lipinski definition) is 0. The standard InChI is InChI=1S/C14H18Br2N3O4P/c1-3-21-24(20,22-4-2)23-14(19-10-17-9-18-19)7-11-5-6-12(15)8-13(11)16/h5-6,8-10,14H,3-4,7H2,1-2H3/t14-/m0/s1. The molecule has 0 saturated carbocycles. The van der Waals surface area contributed by atoms with Crippen molar-refractivity contribution >= 4 is 39.7 Å². The van der Waals surface area contributed by atoms with Gasteiger partial charge in [-0.05, 0) is 31.5 Å². The normalized spacial score (nSPS) is 13.2. The molecule has 0 amide bonds. The lowest BCUT2D eigenvalue weighted by molar-refractivity contribution is 0.0426. The SMILES string of the molecule is CCOP(=O)(OCC)O[C@@H](Cc1ccc(Br)cc1Br)n1cncn1. The van der Waals surface area contributed by atoms with Crippen LogP contribution in [-0.2, 0) is 24.6 Å². The van der Waals surface area contributed by atoms with Crippen LogP contribution in [0.5, 0.6) is 0 Å². The molecule has 2 rings (SSSR count). The zero-order valence-corrected chi connectivity index (χ0v) is 17.3. The average molecular weight is 483 g/mol. The Labute approximate surface area is 157 Å². The van der Waals surface area contributed by atoms with Crippen LogP contribution in [0.1, 0.15) is 25.6 Å². The Hall–Kier alpha value is -0.570. The third-order valence-corrected chi connectivity index (χ3v) is 5.85. The molecule has 0 unspecified atom stereocenters. The Morgan fingerprint density at radius 2 is 1.96 bits per heavy atom. The van der Waals surface area contributed by atoms with Crippen molar-refractivity contribution in [1.29, 1.82) is 0 Å². The van der Waals surface area contributed by atoms with Crippen LogP contribution in [-0.4, -0.2) is 28.0 Å². The third-order valence-electron chi connectivity index (χ3n) is 2.97. The van der Waals surface area contributed by atoms with Gasteiger partial charge in [-0.15, -0.1) is 0 Å². The summed E-state index contributed by atoms with van der Waals surface area (Å²) >= 11 is 6.94. The second kappa shape index (κ2) is 9.22. The zero-order chi connectivity index (χ0) is 17.6. The van der Waals surface area contributed by atoms with Gasteiger partial charge in [-0.3, -0.25) is 13.6 Å². The van der Waals surface area contributed by atoms with E-state index in [1.54, 1.807) is 13.8 Å². The number of aromatic nitrogens is 3. The molecule has 1 aromatic heterocycles. The molecule has 24 heavy (non-hydrogen) atoms. The quantitative estimate of drug-likeness (QED) is 0.480. The Kier molecular flexibility index (Phi) is 7.59. The molecule has 0 N–H and O–H groups in total. The van der Waals surface area contributed by atoms with E-state index in [0.717, 1.165) is 14.5 Å². The first-order chi connectivity index (χ1) is 11.5. The Bertz CT molecular complexity index is 689. The monoisotopic (exact) mass is 481 g/mol. The van der Waals surface area contributed by atoms with Gasteiger partial charge >= 0.3 is 7.82 Å². The molecule has 0 aliphatic rings. The van der Waals surface area contributed by atoms with Crippen LogP contribution >= 0.6 is 39.7 Å². The number of phosphoric acid groups is 1. The van der Waals surface area contributed by atoms with Crippen LogP contribution in [0.15, 0.2) is 39.8 Å². The van der Waals surface area contributed by atoms with Gasteiger partial charge in [-0.2, -0.15) is 5.10 Å². The summed E-state index contributed by atoms with van der Waals surface area (Å²) in [6.45, 7) is 3.88. The summed E-state index contributed by atoms with van der Waals surface area (Å²) in [5.41, 5.74) is 0.957. The van der Waals surface area contributed by atoms with Crippen LogP contribution < -0.4 is 0 Å². The lowest BCUT2D eigenvalue weighted by atomic mass is 10.1. The molecule has 1 aromatic carbocycles. The number of benzene rings is 1. The minimum atomic E-state index is -3.69. The molecule has 1 heterocycles. The summed E-state index contributed by atoms with van der Waals surface area (Å²) in [7, 11) is -3.69. The van der Waals surface area contributed by atoms with Crippen molar-refractivity contribution in [3.63, 3.8) is 0 Å². The maximum absolute atomic E-state index is 12.7. The van der Waals surface area contributed by atoms with Gasteiger partial charge in [0.25, 0.3) is 0 Å². The van der Waals surface area contributed by atoms with Crippen LogP contribution in [0.4, 0.5) is 0 Å². The first kappa shape index (κ1) is 19.8. The minimum absolute atomic E-state index is 0.212. The fourth-order valence-corrected chi connectivity index (χ4v) is 4.49. The number of hydrogen-bond acceptors (Lipinski definition) is 6. The maximum atomic E-state index is 12.7. The molecule has 132 valence electrons. The van der Waals surface area contributed by atoms with Crippen molar-refractivity contribution in [1.82, 2.24) is 14.8 Å². The predicted octanol–water partition coefficient (Wildman–Crippen LogP) is 4.74. The molecule has 7 nitrogen and oxygen atoms in total. The number of halogens is 2. The van der Waals surface area contributed by atoms with E-state index in [1.807, 2.05) is 18.2 Å². The Morgan fingerprint density at radius 1 is 1.25 bits per heavy atom. The van der Waals surface area contributed by atoms with Crippen molar-refractivity contribution in [3.05, 3.63) is 45.4 Å². The van der Waals surface area contributed by atoms with Gasteiger partial charge in [-0.1, -0.05) is 37.9 Å². The summed E-state index contributed by atoms with van der Waals surface area (Å²) in [5.74, 6) is 0. The van der Waals surface area contributed by atoms with E-state index in [1.165, 1.54) is 17.3 Å². The molecule has 10 heteroatoms. The molecular weight excluding hydrogens is 465 g/mol. The lowest BCUT2D eigenvalue weighted by Gasteiger charge is -2.23. The smallest absolute Gasteiger partial charge is 0.287 e. The number of nitrogens with zero attached hydrogens (tertiary/aromatic N) is 3. The highest BCUT2D eigenvalue weighted by molar-refractivity contribution is 9.11. The summed E-state index contributed by atoms with van der Waals surface area (Å²) in [6.07, 6.45) is 2.61. The van der Waals surface area contributed by atoms with E-state index in [4.69, 9.17) is 13.6 Å². The summed E-state index contributed by atoms with van der Waals surface area (Å²) in [5, 5.41) is 4.09. The third kappa shape index (κ3) is 5.47. The van der Waals surface area contributed by atoms with Crippen LogP contribution in [0.25, 0.3) is 0 Å². The van der Waals surface area contributed by atoms with Crippen molar-refractivity contribution in [3.8, 4) is 0 Å². The van der Waals surface area contributed by atoms with E-state index in [-0.39, 0.29) is 13.2 Å². The van der Waals surface area contributed by atoms with Crippen molar-refractivity contribution in [2.75, 3.05) is 13.2 Å². The second-order valence-electron chi connectivity index (χ2n) is 4.66. The highest BCUT2D eigenvalue weighted by Crippen LogP contribution is 2.52. The molecule has 0 fully saturated rings. The van der Waals surface area contributed by atoms with Gasteiger partial charge in [0, 0.05) is 15.4 Å². The molecule has 0 radical (unpaired) electrons. The summed E-state index contributed by atoms with van der Waals surface area (Å²) in [6, 6.07) is 5.79. The van der Waals surface area contributed by atoms with E-state index in [2.05, 4.69) is 41.9 Å². The molecule has 0 bridgehead atoms. The van der Waals surface area contributed by atoms with Crippen LogP contribution in [0, 0.1) is 0 Å². The van der Waals surface area contributed by atoms with Crippen molar-refractivity contribution < 1.29 is 18.1 Å². The van der Waals surface area contributed by atoms with Gasteiger partial charge in [-0.25, -0.2) is 14.2 Å². The van der Waals surface area contributed by atoms with Gasteiger partial charge in [0.1, 0.15) is 12.7 Å². The molecule has 0 spiro atoms. The summed E-state index contributed by atoms with van der Waals surface area (Å²) in [4.78, 5) is 3.92. The first-order valence-electron chi connectivity index (χ1n) is 7.33. The lowest BCUT2D eigenvalue weighted by Crippen LogP contribution is -2.17. The molecule has 1 atom stereocenters. The van der Waals surface area contributed by atoms with Gasteiger partial charge in [0.2, 0.25) is 0 Å². The highest BCUT2D eigenvalue weighted by Gasteiger charge is 2.31. The fraction of sp³-hybridized carbons (Fsp3) is 0.429. The highest BCUT2D eigenvalue weighted by atomic mass is 79.9. The first-order valence-corrected chi connectivity index (χ1v) is 10.4. The number of rotatable bonds is 9.